The van der Waals surface area contributed by atoms with Gasteiger partial charge in [-0.2, -0.15) is 0 Å². The fourth-order valence-electron chi connectivity index (χ4n) is 1.55. The molecule has 0 fully saturated rings. The van der Waals surface area contributed by atoms with Crippen molar-refractivity contribution in [3.8, 4) is 5.75 Å². The first-order valence-electron chi connectivity index (χ1n) is 5.84. The number of nitrogens with zero attached hydrogens (tertiary/aromatic N) is 1. The van der Waals surface area contributed by atoms with Gasteiger partial charge in [-0.05, 0) is 37.3 Å². The summed E-state index contributed by atoms with van der Waals surface area (Å²) in [6.45, 7) is 2.43. The van der Waals surface area contributed by atoms with E-state index in [1.165, 1.54) is 6.20 Å². The van der Waals surface area contributed by atoms with Crippen LogP contribution >= 0.6 is 11.6 Å². The highest BCUT2D eigenvalue weighted by atomic mass is 35.5. The molecule has 0 aliphatic rings. The lowest BCUT2D eigenvalue weighted by Crippen LogP contribution is -2.12. The maximum Gasteiger partial charge on any atom is 0.257 e. The van der Waals surface area contributed by atoms with Gasteiger partial charge in [0.15, 0.2) is 0 Å². The zero-order valence-electron chi connectivity index (χ0n) is 10.4. The van der Waals surface area contributed by atoms with E-state index in [4.69, 9.17) is 16.3 Å². The molecule has 0 bridgehead atoms. The molecule has 19 heavy (non-hydrogen) atoms. The number of rotatable bonds is 4. The Hall–Kier alpha value is -2.07. The van der Waals surface area contributed by atoms with E-state index in [1.54, 1.807) is 36.5 Å². The van der Waals surface area contributed by atoms with Gasteiger partial charge >= 0.3 is 0 Å². The molecule has 2 aromatic rings. The van der Waals surface area contributed by atoms with Crippen molar-refractivity contribution in [2.45, 2.75) is 6.92 Å². The van der Waals surface area contributed by atoms with E-state index in [1.807, 2.05) is 6.92 Å². The first-order valence-corrected chi connectivity index (χ1v) is 6.22. The van der Waals surface area contributed by atoms with E-state index < -0.39 is 0 Å². The molecule has 0 aliphatic carbocycles. The molecule has 4 nitrogen and oxygen atoms in total. The lowest BCUT2D eigenvalue weighted by molar-refractivity contribution is 0.102. The number of hydrogen-bond donors (Lipinski definition) is 1. The van der Waals surface area contributed by atoms with Crippen molar-refractivity contribution in [3.63, 3.8) is 0 Å². The highest BCUT2D eigenvalue weighted by molar-refractivity contribution is 6.32. The van der Waals surface area contributed by atoms with Crippen LogP contribution in [0.25, 0.3) is 0 Å². The highest BCUT2D eigenvalue weighted by Crippen LogP contribution is 2.27. The minimum atomic E-state index is -0.228. The zero-order valence-corrected chi connectivity index (χ0v) is 11.1. The molecule has 0 aliphatic heterocycles. The number of halogens is 1. The topological polar surface area (TPSA) is 51.2 Å². The van der Waals surface area contributed by atoms with Gasteiger partial charge in [0.05, 0.1) is 17.2 Å². The number of nitrogens with one attached hydrogen (secondary N) is 1. The summed E-state index contributed by atoms with van der Waals surface area (Å²) in [6, 6.07) is 8.52. The Morgan fingerprint density at radius 3 is 2.89 bits per heavy atom. The van der Waals surface area contributed by atoms with E-state index in [0.717, 1.165) is 0 Å². The Morgan fingerprint density at radius 1 is 1.42 bits per heavy atom. The van der Waals surface area contributed by atoms with Gasteiger partial charge in [0, 0.05) is 18.1 Å². The monoisotopic (exact) mass is 276 g/mol. The maximum absolute atomic E-state index is 11.9. The van der Waals surface area contributed by atoms with Gasteiger partial charge in [0.1, 0.15) is 5.75 Å². The first-order chi connectivity index (χ1) is 9.20. The van der Waals surface area contributed by atoms with Crippen LogP contribution in [0.15, 0.2) is 42.7 Å². The van der Waals surface area contributed by atoms with Gasteiger partial charge in [-0.3, -0.25) is 9.78 Å². The van der Waals surface area contributed by atoms with Gasteiger partial charge in [-0.25, -0.2) is 0 Å². The summed E-state index contributed by atoms with van der Waals surface area (Å²) in [7, 11) is 0. The summed E-state index contributed by atoms with van der Waals surface area (Å²) >= 11 is 6.05. The van der Waals surface area contributed by atoms with Gasteiger partial charge < -0.3 is 10.1 Å². The molecule has 0 saturated carbocycles. The number of amides is 1. The van der Waals surface area contributed by atoms with Gasteiger partial charge in [-0.1, -0.05) is 11.6 Å². The molecule has 5 heteroatoms. The number of ether oxygens (including phenoxy) is 1. The number of anilines is 1. The predicted octanol–water partition coefficient (Wildman–Crippen LogP) is 3.39. The minimum absolute atomic E-state index is 0.228. The molecular weight excluding hydrogens is 264 g/mol. The number of pyridine rings is 1. The second-order valence-electron chi connectivity index (χ2n) is 3.77. The lowest BCUT2D eigenvalue weighted by Gasteiger charge is -2.09. The molecule has 0 unspecified atom stereocenters. The fourth-order valence-corrected chi connectivity index (χ4v) is 1.79. The maximum atomic E-state index is 11.9. The average molecular weight is 277 g/mol. The quantitative estimate of drug-likeness (QED) is 0.931. The molecular formula is C14H13ClN2O2. The molecule has 0 radical (unpaired) electrons. The number of benzene rings is 1. The Bertz CT molecular complexity index is 573. The lowest BCUT2D eigenvalue weighted by atomic mass is 10.2. The van der Waals surface area contributed by atoms with Crippen molar-refractivity contribution >= 4 is 23.2 Å². The minimum Gasteiger partial charge on any atom is -0.492 e. The second-order valence-corrected chi connectivity index (χ2v) is 4.18. The van der Waals surface area contributed by atoms with Crippen molar-refractivity contribution in [2.75, 3.05) is 11.9 Å². The zero-order chi connectivity index (χ0) is 13.7. The van der Waals surface area contributed by atoms with E-state index in [2.05, 4.69) is 10.3 Å². The summed E-state index contributed by atoms with van der Waals surface area (Å²) in [4.78, 5) is 15.8. The third-order valence-electron chi connectivity index (χ3n) is 2.41. The van der Waals surface area contributed by atoms with Crippen LogP contribution in [0, 0.1) is 0 Å². The summed E-state index contributed by atoms with van der Waals surface area (Å²) in [5.74, 6) is 0.372. The molecule has 1 heterocycles. The van der Waals surface area contributed by atoms with Crippen molar-refractivity contribution in [3.05, 3.63) is 53.3 Å². The van der Waals surface area contributed by atoms with Crippen LogP contribution in [0.3, 0.4) is 0 Å². The number of carbonyl (C=O) groups excluding carboxylic acids is 1. The Balaban J connectivity index is 2.12. The van der Waals surface area contributed by atoms with Gasteiger partial charge in [0.25, 0.3) is 5.91 Å². The molecule has 1 N–H and O–H groups in total. The van der Waals surface area contributed by atoms with Crippen LogP contribution in [0.4, 0.5) is 5.69 Å². The van der Waals surface area contributed by atoms with Crippen LogP contribution in [-0.4, -0.2) is 17.5 Å². The largest absolute Gasteiger partial charge is 0.492 e. The Morgan fingerprint density at radius 2 is 2.26 bits per heavy atom. The number of hydrogen-bond acceptors (Lipinski definition) is 3. The Labute approximate surface area is 116 Å². The molecule has 0 saturated heterocycles. The van der Waals surface area contributed by atoms with Crippen LogP contribution in [0.2, 0.25) is 5.02 Å². The average Bonchev–Trinajstić information content (AvgIpc) is 2.43. The van der Waals surface area contributed by atoms with Crippen molar-refractivity contribution in [1.82, 2.24) is 4.98 Å². The van der Waals surface area contributed by atoms with Gasteiger partial charge in [-0.15, -0.1) is 0 Å². The Kier molecular flexibility index (Phi) is 4.36. The van der Waals surface area contributed by atoms with Crippen LogP contribution in [0.1, 0.15) is 17.3 Å². The third kappa shape index (κ3) is 3.45. The molecule has 0 spiro atoms. The predicted molar refractivity (Wildman–Crippen MR) is 74.8 cm³/mol. The van der Waals surface area contributed by atoms with Crippen molar-refractivity contribution in [2.24, 2.45) is 0 Å². The van der Waals surface area contributed by atoms with Crippen LogP contribution in [-0.2, 0) is 0 Å². The van der Waals surface area contributed by atoms with Crippen molar-refractivity contribution < 1.29 is 9.53 Å². The summed E-state index contributed by atoms with van der Waals surface area (Å²) < 4.78 is 5.33. The molecule has 1 aromatic carbocycles. The van der Waals surface area contributed by atoms with Crippen molar-refractivity contribution in [1.29, 1.82) is 0 Å². The summed E-state index contributed by atoms with van der Waals surface area (Å²) in [5, 5.41) is 3.21. The molecule has 1 amide bonds. The first kappa shape index (κ1) is 13.4. The standard InChI is InChI=1S/C14H13ClN2O2/c1-2-19-13-6-5-11(8-12(13)15)17-14(18)10-4-3-7-16-9-10/h3-9H,2H2,1H3,(H,17,18). The molecule has 0 atom stereocenters. The highest BCUT2D eigenvalue weighted by Gasteiger charge is 2.08. The number of carbonyl (C=O) groups is 1. The number of aromatic nitrogens is 1. The summed E-state index contributed by atoms with van der Waals surface area (Å²) in [5.41, 5.74) is 1.11. The van der Waals surface area contributed by atoms with Crippen LogP contribution < -0.4 is 10.1 Å². The SMILES string of the molecule is CCOc1ccc(NC(=O)c2cccnc2)cc1Cl. The van der Waals surface area contributed by atoms with E-state index >= 15 is 0 Å². The summed E-state index contributed by atoms with van der Waals surface area (Å²) in [6.07, 6.45) is 3.12. The van der Waals surface area contributed by atoms with Crippen LogP contribution in [0.5, 0.6) is 5.75 Å². The normalized spacial score (nSPS) is 10.0. The fraction of sp³-hybridized carbons (Fsp3) is 0.143. The van der Waals surface area contributed by atoms with E-state index in [-0.39, 0.29) is 5.91 Å². The molecule has 1 aromatic heterocycles. The molecule has 98 valence electrons. The van der Waals surface area contributed by atoms with Gasteiger partial charge in [0.2, 0.25) is 0 Å². The van der Waals surface area contributed by atoms with E-state index in [9.17, 15) is 4.79 Å². The smallest absolute Gasteiger partial charge is 0.257 e. The molecule has 2 rings (SSSR count). The second kappa shape index (κ2) is 6.20. The third-order valence-corrected chi connectivity index (χ3v) is 2.71. The van der Waals surface area contributed by atoms with E-state index in [0.29, 0.717) is 28.6 Å².